The lowest BCUT2D eigenvalue weighted by molar-refractivity contribution is 0.00161. The fourth-order valence-electron chi connectivity index (χ4n) is 2.76. The van der Waals surface area contributed by atoms with Gasteiger partial charge in [-0.1, -0.05) is 6.92 Å². The van der Waals surface area contributed by atoms with Gasteiger partial charge in [0.05, 0.1) is 17.5 Å². The Labute approximate surface area is 133 Å². The second-order valence-electron chi connectivity index (χ2n) is 5.95. The van der Waals surface area contributed by atoms with Gasteiger partial charge in [0.2, 0.25) is 0 Å². The van der Waals surface area contributed by atoms with E-state index in [9.17, 15) is 4.79 Å². The average Bonchev–Trinajstić information content (AvgIpc) is 2.50. The third-order valence-corrected chi connectivity index (χ3v) is 3.95. The SMILES string of the molecule is CCCN(C[C@H]1CCCCO1)C(=O)Nc1ccc(C)nc1C. The number of hydrogen-bond acceptors (Lipinski definition) is 3. The fraction of sp³-hybridized carbons (Fsp3) is 0.647. The Bertz CT molecular complexity index is 499. The lowest BCUT2D eigenvalue weighted by Crippen LogP contribution is -2.42. The summed E-state index contributed by atoms with van der Waals surface area (Å²) in [4.78, 5) is 18.8. The molecule has 1 fully saturated rings. The molecule has 122 valence electrons. The lowest BCUT2D eigenvalue weighted by Gasteiger charge is -2.30. The molecule has 0 unspecified atom stereocenters. The van der Waals surface area contributed by atoms with Gasteiger partial charge < -0.3 is 15.0 Å². The molecule has 0 aliphatic carbocycles. The smallest absolute Gasteiger partial charge is 0.321 e. The summed E-state index contributed by atoms with van der Waals surface area (Å²) in [6, 6.07) is 3.76. The van der Waals surface area contributed by atoms with Crippen molar-refractivity contribution in [3.8, 4) is 0 Å². The van der Waals surface area contributed by atoms with E-state index in [0.29, 0.717) is 6.54 Å². The summed E-state index contributed by atoms with van der Waals surface area (Å²) >= 11 is 0. The maximum Gasteiger partial charge on any atom is 0.321 e. The first-order valence-corrected chi connectivity index (χ1v) is 8.22. The number of amides is 2. The first-order chi connectivity index (χ1) is 10.6. The molecule has 1 aromatic heterocycles. The lowest BCUT2D eigenvalue weighted by atomic mass is 10.1. The number of nitrogens with zero attached hydrogens (tertiary/aromatic N) is 2. The largest absolute Gasteiger partial charge is 0.376 e. The van der Waals surface area contributed by atoms with E-state index in [4.69, 9.17) is 4.74 Å². The summed E-state index contributed by atoms with van der Waals surface area (Å²) in [6.45, 7) is 8.16. The number of ether oxygens (including phenoxy) is 1. The topological polar surface area (TPSA) is 54.5 Å². The van der Waals surface area contributed by atoms with Crippen molar-refractivity contribution in [2.45, 2.75) is 52.6 Å². The summed E-state index contributed by atoms with van der Waals surface area (Å²) in [5.41, 5.74) is 2.58. The minimum atomic E-state index is -0.0650. The van der Waals surface area contributed by atoms with Crippen LogP contribution in [0.2, 0.25) is 0 Å². The Morgan fingerprint density at radius 1 is 1.41 bits per heavy atom. The molecule has 1 aromatic rings. The maximum absolute atomic E-state index is 12.5. The van der Waals surface area contributed by atoms with Crippen molar-refractivity contribution in [2.24, 2.45) is 0 Å². The molecule has 2 amide bonds. The number of urea groups is 1. The first-order valence-electron chi connectivity index (χ1n) is 8.22. The van der Waals surface area contributed by atoms with Crippen molar-refractivity contribution in [1.29, 1.82) is 0 Å². The zero-order valence-corrected chi connectivity index (χ0v) is 13.9. The van der Waals surface area contributed by atoms with Gasteiger partial charge in [-0.3, -0.25) is 4.98 Å². The van der Waals surface area contributed by atoms with Crippen LogP contribution in [-0.4, -0.2) is 41.7 Å². The molecule has 22 heavy (non-hydrogen) atoms. The molecular formula is C17H27N3O2. The second kappa shape index (κ2) is 8.13. The molecule has 0 spiro atoms. The van der Waals surface area contributed by atoms with Crippen LogP contribution in [0.25, 0.3) is 0 Å². The second-order valence-corrected chi connectivity index (χ2v) is 5.95. The van der Waals surface area contributed by atoms with Crippen LogP contribution in [0.3, 0.4) is 0 Å². The minimum absolute atomic E-state index is 0.0650. The van der Waals surface area contributed by atoms with Gasteiger partial charge >= 0.3 is 6.03 Å². The zero-order chi connectivity index (χ0) is 15.9. The van der Waals surface area contributed by atoms with Crippen molar-refractivity contribution in [2.75, 3.05) is 25.0 Å². The Morgan fingerprint density at radius 3 is 2.86 bits per heavy atom. The molecule has 5 nitrogen and oxygen atoms in total. The standard InChI is InChI=1S/C17H27N3O2/c1-4-10-20(12-15-7-5-6-11-22-15)17(21)19-16-9-8-13(2)18-14(16)3/h8-9,15H,4-7,10-12H2,1-3H3,(H,19,21)/t15-/m1/s1. The summed E-state index contributed by atoms with van der Waals surface area (Å²) < 4.78 is 5.76. The highest BCUT2D eigenvalue weighted by atomic mass is 16.5. The summed E-state index contributed by atoms with van der Waals surface area (Å²) in [5.74, 6) is 0. The number of hydrogen-bond donors (Lipinski definition) is 1. The molecule has 0 saturated carbocycles. The number of carbonyl (C=O) groups is 1. The van der Waals surface area contributed by atoms with E-state index < -0.39 is 0 Å². The van der Waals surface area contributed by atoms with Gasteiger partial charge in [-0.15, -0.1) is 0 Å². The number of carbonyl (C=O) groups excluding carboxylic acids is 1. The molecule has 1 aliphatic rings. The van der Waals surface area contributed by atoms with Gasteiger partial charge in [-0.2, -0.15) is 0 Å². The van der Waals surface area contributed by atoms with Gasteiger partial charge in [-0.05, 0) is 51.7 Å². The molecule has 1 atom stereocenters. The number of aromatic nitrogens is 1. The molecular weight excluding hydrogens is 278 g/mol. The fourth-order valence-corrected chi connectivity index (χ4v) is 2.76. The van der Waals surface area contributed by atoms with Crippen molar-refractivity contribution >= 4 is 11.7 Å². The predicted octanol–water partition coefficient (Wildman–Crippen LogP) is 3.51. The maximum atomic E-state index is 12.5. The Kier molecular flexibility index (Phi) is 6.19. The first kappa shape index (κ1) is 16.7. The van der Waals surface area contributed by atoms with Crippen LogP contribution < -0.4 is 5.32 Å². The van der Waals surface area contributed by atoms with E-state index in [1.807, 2.05) is 30.9 Å². The van der Waals surface area contributed by atoms with Crippen molar-refractivity contribution in [3.05, 3.63) is 23.5 Å². The van der Waals surface area contributed by atoms with Crippen LogP contribution in [0.1, 0.15) is 44.0 Å². The van der Waals surface area contributed by atoms with E-state index in [1.54, 1.807) is 0 Å². The van der Waals surface area contributed by atoms with Crippen LogP contribution in [0.15, 0.2) is 12.1 Å². The van der Waals surface area contributed by atoms with Gasteiger partial charge in [0, 0.05) is 25.4 Å². The highest BCUT2D eigenvalue weighted by Crippen LogP contribution is 2.16. The van der Waals surface area contributed by atoms with Crippen LogP contribution in [0, 0.1) is 13.8 Å². The van der Waals surface area contributed by atoms with E-state index in [2.05, 4.69) is 17.2 Å². The van der Waals surface area contributed by atoms with Crippen LogP contribution in [-0.2, 0) is 4.74 Å². The summed E-state index contributed by atoms with van der Waals surface area (Å²) in [5, 5.41) is 2.98. The molecule has 5 heteroatoms. The summed E-state index contributed by atoms with van der Waals surface area (Å²) in [7, 11) is 0. The molecule has 0 aromatic carbocycles. The molecule has 0 radical (unpaired) electrons. The van der Waals surface area contributed by atoms with E-state index in [-0.39, 0.29) is 12.1 Å². The van der Waals surface area contributed by atoms with E-state index in [1.165, 1.54) is 6.42 Å². The molecule has 2 heterocycles. The predicted molar refractivity (Wildman–Crippen MR) is 88.2 cm³/mol. The highest BCUT2D eigenvalue weighted by Gasteiger charge is 2.21. The number of anilines is 1. The molecule has 1 saturated heterocycles. The van der Waals surface area contributed by atoms with Crippen LogP contribution in [0.4, 0.5) is 10.5 Å². The van der Waals surface area contributed by atoms with Gasteiger partial charge in [0.1, 0.15) is 0 Å². The van der Waals surface area contributed by atoms with Crippen LogP contribution in [0.5, 0.6) is 0 Å². The number of aryl methyl sites for hydroxylation is 2. The van der Waals surface area contributed by atoms with Crippen molar-refractivity contribution in [1.82, 2.24) is 9.88 Å². The third-order valence-electron chi connectivity index (χ3n) is 3.95. The van der Waals surface area contributed by atoms with Gasteiger partial charge in [0.25, 0.3) is 0 Å². The normalized spacial score (nSPS) is 18.0. The third kappa shape index (κ3) is 4.70. The Balaban J connectivity index is 1.98. The highest BCUT2D eigenvalue weighted by molar-refractivity contribution is 5.89. The minimum Gasteiger partial charge on any atom is -0.376 e. The molecule has 1 aliphatic heterocycles. The zero-order valence-electron chi connectivity index (χ0n) is 13.9. The van der Waals surface area contributed by atoms with E-state index in [0.717, 1.165) is 49.5 Å². The Hall–Kier alpha value is -1.62. The number of nitrogens with one attached hydrogen (secondary N) is 1. The Morgan fingerprint density at radius 2 is 2.23 bits per heavy atom. The van der Waals surface area contributed by atoms with Crippen LogP contribution >= 0.6 is 0 Å². The van der Waals surface area contributed by atoms with Gasteiger partial charge in [0.15, 0.2) is 0 Å². The van der Waals surface area contributed by atoms with Crippen molar-refractivity contribution < 1.29 is 9.53 Å². The monoisotopic (exact) mass is 305 g/mol. The van der Waals surface area contributed by atoms with Crippen molar-refractivity contribution in [3.63, 3.8) is 0 Å². The average molecular weight is 305 g/mol. The number of pyridine rings is 1. The molecule has 2 rings (SSSR count). The van der Waals surface area contributed by atoms with E-state index >= 15 is 0 Å². The molecule has 0 bridgehead atoms. The quantitative estimate of drug-likeness (QED) is 0.905. The van der Waals surface area contributed by atoms with Gasteiger partial charge in [-0.25, -0.2) is 4.79 Å². The molecule has 1 N–H and O–H groups in total. The number of rotatable bonds is 5. The summed E-state index contributed by atoms with van der Waals surface area (Å²) in [6.07, 6.45) is 4.46.